The second-order valence-electron chi connectivity index (χ2n) is 7.68. The zero-order chi connectivity index (χ0) is 21.6. The molecule has 7 nitrogen and oxygen atoms in total. The van der Waals surface area contributed by atoms with Crippen molar-refractivity contribution in [2.45, 2.75) is 19.4 Å². The van der Waals surface area contributed by atoms with Gasteiger partial charge in [0.1, 0.15) is 0 Å². The Morgan fingerprint density at radius 3 is 2.29 bits per heavy atom. The van der Waals surface area contributed by atoms with Crippen LogP contribution in [0.1, 0.15) is 28.8 Å². The SMILES string of the molecule is O=C(CCC(=O)N1CCN(C(=O)c2c[nH]c3ccccc23)CC1)NCc1ccccc1. The van der Waals surface area contributed by atoms with Crippen LogP contribution in [0.5, 0.6) is 0 Å². The Balaban J connectivity index is 1.22. The summed E-state index contributed by atoms with van der Waals surface area (Å²) in [5.41, 5.74) is 2.62. The molecule has 3 aromatic rings. The number of nitrogens with zero attached hydrogens (tertiary/aromatic N) is 2. The first-order valence-electron chi connectivity index (χ1n) is 10.6. The summed E-state index contributed by atoms with van der Waals surface area (Å²) in [5.74, 6) is -0.204. The summed E-state index contributed by atoms with van der Waals surface area (Å²) in [5, 5.41) is 3.75. The number of para-hydroxylation sites is 1. The number of hydrogen-bond donors (Lipinski definition) is 2. The molecule has 1 aliphatic rings. The molecule has 2 aromatic carbocycles. The molecule has 0 bridgehead atoms. The predicted molar refractivity (Wildman–Crippen MR) is 118 cm³/mol. The number of amides is 3. The summed E-state index contributed by atoms with van der Waals surface area (Å²) in [7, 11) is 0. The number of benzene rings is 2. The van der Waals surface area contributed by atoms with Crippen LogP contribution in [0.3, 0.4) is 0 Å². The van der Waals surface area contributed by atoms with Gasteiger partial charge in [-0.1, -0.05) is 48.5 Å². The van der Waals surface area contributed by atoms with E-state index in [1.54, 1.807) is 16.0 Å². The Bertz CT molecular complexity index is 1070. The molecule has 2 heterocycles. The van der Waals surface area contributed by atoms with Crippen molar-refractivity contribution in [3.8, 4) is 0 Å². The number of carbonyl (C=O) groups excluding carboxylic acids is 3. The lowest BCUT2D eigenvalue weighted by Crippen LogP contribution is -2.50. The number of hydrogen-bond acceptors (Lipinski definition) is 3. The van der Waals surface area contributed by atoms with Gasteiger partial charge in [-0.25, -0.2) is 0 Å². The Labute approximate surface area is 181 Å². The van der Waals surface area contributed by atoms with E-state index >= 15 is 0 Å². The smallest absolute Gasteiger partial charge is 0.256 e. The fourth-order valence-corrected chi connectivity index (χ4v) is 3.84. The van der Waals surface area contributed by atoms with Crippen molar-refractivity contribution in [1.82, 2.24) is 20.1 Å². The van der Waals surface area contributed by atoms with E-state index in [1.165, 1.54) is 0 Å². The van der Waals surface area contributed by atoms with Crippen molar-refractivity contribution in [2.75, 3.05) is 26.2 Å². The van der Waals surface area contributed by atoms with Gasteiger partial charge in [0.05, 0.1) is 5.56 Å². The highest BCUT2D eigenvalue weighted by Gasteiger charge is 2.26. The second kappa shape index (κ2) is 9.47. The number of nitrogens with one attached hydrogen (secondary N) is 2. The summed E-state index contributed by atoms with van der Waals surface area (Å²) < 4.78 is 0. The second-order valence-corrected chi connectivity index (χ2v) is 7.68. The fraction of sp³-hybridized carbons (Fsp3) is 0.292. The monoisotopic (exact) mass is 418 g/mol. The molecule has 3 amide bonds. The van der Waals surface area contributed by atoms with E-state index in [0.717, 1.165) is 16.5 Å². The molecule has 4 rings (SSSR count). The quantitative estimate of drug-likeness (QED) is 0.645. The molecule has 2 N–H and O–H groups in total. The third-order valence-electron chi connectivity index (χ3n) is 5.64. The van der Waals surface area contributed by atoms with Crippen LogP contribution >= 0.6 is 0 Å². The Morgan fingerprint density at radius 2 is 1.52 bits per heavy atom. The molecule has 0 spiro atoms. The van der Waals surface area contributed by atoms with Gasteiger partial charge in [0.15, 0.2) is 0 Å². The standard InChI is InChI=1S/C24H26N4O3/c29-22(26-16-18-6-2-1-3-7-18)10-11-23(30)27-12-14-28(15-13-27)24(31)20-17-25-21-9-5-4-8-19(20)21/h1-9,17,25H,10-16H2,(H,26,29). The molecular formula is C24H26N4O3. The molecular weight excluding hydrogens is 392 g/mol. The maximum Gasteiger partial charge on any atom is 0.256 e. The van der Waals surface area contributed by atoms with Gasteiger partial charge in [-0.3, -0.25) is 14.4 Å². The zero-order valence-electron chi connectivity index (χ0n) is 17.3. The van der Waals surface area contributed by atoms with E-state index < -0.39 is 0 Å². The number of H-pyrrole nitrogens is 1. The van der Waals surface area contributed by atoms with Crippen LogP contribution in [-0.2, 0) is 16.1 Å². The number of carbonyl (C=O) groups is 3. The molecule has 0 aliphatic carbocycles. The van der Waals surface area contributed by atoms with Crippen molar-refractivity contribution < 1.29 is 14.4 Å². The van der Waals surface area contributed by atoms with Crippen molar-refractivity contribution in [2.24, 2.45) is 0 Å². The third-order valence-corrected chi connectivity index (χ3v) is 5.64. The van der Waals surface area contributed by atoms with Crippen molar-refractivity contribution in [3.05, 3.63) is 71.9 Å². The number of rotatable bonds is 6. The van der Waals surface area contributed by atoms with Gasteiger partial charge in [-0.2, -0.15) is 0 Å². The van der Waals surface area contributed by atoms with Crippen LogP contribution < -0.4 is 5.32 Å². The molecule has 160 valence electrons. The number of piperazine rings is 1. The molecule has 7 heteroatoms. The fourth-order valence-electron chi connectivity index (χ4n) is 3.84. The molecule has 1 aromatic heterocycles. The number of aromatic nitrogens is 1. The van der Waals surface area contributed by atoms with E-state index in [-0.39, 0.29) is 30.6 Å². The average Bonchev–Trinajstić information content (AvgIpc) is 3.25. The normalized spacial score (nSPS) is 13.9. The molecule has 0 saturated carbocycles. The van der Waals surface area contributed by atoms with Crippen LogP contribution in [0, 0.1) is 0 Å². The van der Waals surface area contributed by atoms with Gasteiger partial charge in [-0.05, 0) is 11.6 Å². The molecule has 1 saturated heterocycles. The highest BCUT2D eigenvalue weighted by atomic mass is 16.2. The van der Waals surface area contributed by atoms with Gasteiger partial charge in [0.2, 0.25) is 11.8 Å². The first kappa shape index (κ1) is 20.7. The zero-order valence-corrected chi connectivity index (χ0v) is 17.3. The molecule has 1 aliphatic heterocycles. The van der Waals surface area contributed by atoms with Gasteiger partial charge in [0.25, 0.3) is 5.91 Å². The molecule has 0 radical (unpaired) electrons. The maximum atomic E-state index is 12.9. The summed E-state index contributed by atoms with van der Waals surface area (Å²) >= 11 is 0. The van der Waals surface area contributed by atoms with Gasteiger partial charge >= 0.3 is 0 Å². The summed E-state index contributed by atoms with van der Waals surface area (Å²) in [4.78, 5) is 44.1. The summed E-state index contributed by atoms with van der Waals surface area (Å²) in [6, 6.07) is 17.4. The van der Waals surface area contributed by atoms with Crippen LogP contribution in [0.15, 0.2) is 60.8 Å². The Morgan fingerprint density at radius 1 is 0.839 bits per heavy atom. The minimum atomic E-state index is -0.134. The van der Waals surface area contributed by atoms with Gasteiger partial charge in [0, 0.05) is 62.7 Å². The van der Waals surface area contributed by atoms with Crippen LogP contribution in [-0.4, -0.2) is 58.7 Å². The predicted octanol–water partition coefficient (Wildman–Crippen LogP) is 2.55. The van der Waals surface area contributed by atoms with E-state index in [1.807, 2.05) is 54.6 Å². The lowest BCUT2D eigenvalue weighted by atomic mass is 10.1. The van der Waals surface area contributed by atoms with Crippen molar-refractivity contribution in [3.63, 3.8) is 0 Å². The van der Waals surface area contributed by atoms with E-state index in [4.69, 9.17) is 0 Å². The molecule has 1 fully saturated rings. The van der Waals surface area contributed by atoms with Gasteiger partial charge in [-0.15, -0.1) is 0 Å². The van der Waals surface area contributed by atoms with Crippen molar-refractivity contribution in [1.29, 1.82) is 0 Å². The molecule has 31 heavy (non-hydrogen) atoms. The molecule has 0 unspecified atom stereocenters. The molecule has 0 atom stereocenters. The van der Waals surface area contributed by atoms with E-state index in [0.29, 0.717) is 38.3 Å². The highest BCUT2D eigenvalue weighted by Crippen LogP contribution is 2.20. The Hall–Kier alpha value is -3.61. The Kier molecular flexibility index (Phi) is 6.31. The lowest BCUT2D eigenvalue weighted by molar-refractivity contribution is -0.134. The van der Waals surface area contributed by atoms with Crippen LogP contribution in [0.4, 0.5) is 0 Å². The minimum Gasteiger partial charge on any atom is -0.360 e. The largest absolute Gasteiger partial charge is 0.360 e. The average molecular weight is 418 g/mol. The number of fused-ring (bicyclic) bond motifs is 1. The van der Waals surface area contributed by atoms with Crippen LogP contribution in [0.25, 0.3) is 10.9 Å². The first-order chi connectivity index (χ1) is 15.1. The van der Waals surface area contributed by atoms with Crippen LogP contribution in [0.2, 0.25) is 0 Å². The highest BCUT2D eigenvalue weighted by molar-refractivity contribution is 6.06. The summed E-state index contributed by atoms with van der Waals surface area (Å²) in [6.07, 6.45) is 2.09. The van der Waals surface area contributed by atoms with Gasteiger partial charge < -0.3 is 20.1 Å². The number of aromatic amines is 1. The lowest BCUT2D eigenvalue weighted by Gasteiger charge is -2.34. The topological polar surface area (TPSA) is 85.5 Å². The summed E-state index contributed by atoms with van der Waals surface area (Å²) in [6.45, 7) is 2.41. The van der Waals surface area contributed by atoms with Crippen molar-refractivity contribution >= 4 is 28.6 Å². The van der Waals surface area contributed by atoms with E-state index in [9.17, 15) is 14.4 Å². The first-order valence-corrected chi connectivity index (χ1v) is 10.6. The maximum absolute atomic E-state index is 12.9. The third kappa shape index (κ3) is 4.94. The van der Waals surface area contributed by atoms with E-state index in [2.05, 4.69) is 10.3 Å². The minimum absolute atomic E-state index is 0.0233.